The van der Waals surface area contributed by atoms with E-state index in [1.807, 2.05) is 76.8 Å². The fourth-order valence-corrected chi connectivity index (χ4v) is 3.29. The summed E-state index contributed by atoms with van der Waals surface area (Å²) in [4.78, 5) is 17.7. The molecule has 5 nitrogen and oxygen atoms in total. The number of hydrogen-bond donors (Lipinski definition) is 1. The van der Waals surface area contributed by atoms with E-state index in [0.717, 1.165) is 22.0 Å². The zero-order chi connectivity index (χ0) is 17.8. The van der Waals surface area contributed by atoms with Crippen molar-refractivity contribution >= 4 is 22.2 Å². The van der Waals surface area contributed by atoms with Crippen molar-refractivity contribution in [3.05, 3.63) is 89.2 Å². The standard InChI is InChI=1S/C20H17N3O2S/c24-19(21-12-17-13-23-10-11-26-20(23)22-17)16-8-6-15(7-9-16)14-25-18-4-2-1-3-5-18/h1-11,13H,12,14H2,(H,21,24). The van der Waals surface area contributed by atoms with Crippen LogP contribution in [0.3, 0.4) is 0 Å². The molecule has 2 aromatic carbocycles. The van der Waals surface area contributed by atoms with Crippen LogP contribution >= 0.6 is 11.3 Å². The molecule has 0 bridgehead atoms. The Labute approximate surface area is 154 Å². The Bertz CT molecular complexity index is 978. The summed E-state index contributed by atoms with van der Waals surface area (Å²) in [5, 5.41) is 4.88. The molecule has 0 saturated carbocycles. The van der Waals surface area contributed by atoms with E-state index in [4.69, 9.17) is 4.74 Å². The molecule has 0 aliphatic carbocycles. The first-order valence-corrected chi connectivity index (χ1v) is 9.12. The summed E-state index contributed by atoms with van der Waals surface area (Å²) in [6.45, 7) is 0.878. The van der Waals surface area contributed by atoms with Gasteiger partial charge in [-0.15, -0.1) is 11.3 Å². The Balaban J connectivity index is 1.32. The normalized spacial score (nSPS) is 10.8. The lowest BCUT2D eigenvalue weighted by atomic mass is 10.1. The molecule has 2 aromatic heterocycles. The van der Waals surface area contributed by atoms with Crippen LogP contribution in [0.4, 0.5) is 0 Å². The number of carbonyl (C=O) groups is 1. The van der Waals surface area contributed by atoms with Gasteiger partial charge in [-0.3, -0.25) is 9.20 Å². The minimum absolute atomic E-state index is 0.114. The quantitative estimate of drug-likeness (QED) is 0.565. The molecule has 26 heavy (non-hydrogen) atoms. The van der Waals surface area contributed by atoms with Crippen LogP contribution in [-0.4, -0.2) is 15.3 Å². The molecular weight excluding hydrogens is 346 g/mol. The molecule has 4 rings (SSSR count). The number of imidazole rings is 1. The monoisotopic (exact) mass is 363 g/mol. The Morgan fingerprint density at radius 3 is 2.69 bits per heavy atom. The van der Waals surface area contributed by atoms with Crippen molar-refractivity contribution in [2.75, 3.05) is 0 Å². The molecule has 0 spiro atoms. The third kappa shape index (κ3) is 3.75. The highest BCUT2D eigenvalue weighted by molar-refractivity contribution is 7.15. The van der Waals surface area contributed by atoms with Gasteiger partial charge in [0.2, 0.25) is 0 Å². The molecule has 0 fully saturated rings. The molecule has 6 heteroatoms. The zero-order valence-electron chi connectivity index (χ0n) is 14.0. The number of rotatable bonds is 6. The Kier molecular flexibility index (Phi) is 4.66. The van der Waals surface area contributed by atoms with E-state index >= 15 is 0 Å². The number of fused-ring (bicyclic) bond motifs is 1. The number of thiazole rings is 1. The maximum Gasteiger partial charge on any atom is 0.251 e. The fourth-order valence-electron chi connectivity index (χ4n) is 2.57. The first kappa shape index (κ1) is 16.4. The number of nitrogens with one attached hydrogen (secondary N) is 1. The summed E-state index contributed by atoms with van der Waals surface area (Å²) in [7, 11) is 0. The lowest BCUT2D eigenvalue weighted by Gasteiger charge is -2.07. The highest BCUT2D eigenvalue weighted by atomic mass is 32.1. The van der Waals surface area contributed by atoms with E-state index in [2.05, 4.69) is 10.3 Å². The van der Waals surface area contributed by atoms with Crippen molar-refractivity contribution in [3.8, 4) is 5.75 Å². The number of hydrogen-bond acceptors (Lipinski definition) is 4. The molecule has 0 radical (unpaired) electrons. The van der Waals surface area contributed by atoms with E-state index in [1.54, 1.807) is 11.3 Å². The summed E-state index contributed by atoms with van der Waals surface area (Å²) >= 11 is 1.57. The second kappa shape index (κ2) is 7.41. The molecule has 0 aliphatic rings. The van der Waals surface area contributed by atoms with Crippen molar-refractivity contribution in [2.45, 2.75) is 13.2 Å². The van der Waals surface area contributed by atoms with Crippen LogP contribution in [0.15, 0.2) is 72.4 Å². The third-order valence-electron chi connectivity index (χ3n) is 3.94. The SMILES string of the molecule is O=C(NCc1cn2ccsc2n1)c1ccc(COc2ccccc2)cc1. The van der Waals surface area contributed by atoms with Crippen LogP contribution in [0.2, 0.25) is 0 Å². The maximum atomic E-state index is 12.3. The summed E-state index contributed by atoms with van der Waals surface area (Å²) in [5.74, 6) is 0.714. The van der Waals surface area contributed by atoms with Gasteiger partial charge in [-0.25, -0.2) is 4.98 Å². The van der Waals surface area contributed by atoms with Crippen LogP contribution in [0.25, 0.3) is 4.96 Å². The number of aromatic nitrogens is 2. The van der Waals surface area contributed by atoms with Crippen molar-refractivity contribution in [1.82, 2.24) is 14.7 Å². The number of para-hydroxylation sites is 1. The summed E-state index contributed by atoms with van der Waals surface area (Å²) in [6, 6.07) is 17.1. The average Bonchev–Trinajstić information content (AvgIpc) is 3.27. The van der Waals surface area contributed by atoms with Crippen LogP contribution in [-0.2, 0) is 13.2 Å². The highest BCUT2D eigenvalue weighted by Crippen LogP contribution is 2.13. The van der Waals surface area contributed by atoms with E-state index < -0.39 is 0 Å². The summed E-state index contributed by atoms with van der Waals surface area (Å²) < 4.78 is 7.66. The van der Waals surface area contributed by atoms with Crippen molar-refractivity contribution in [3.63, 3.8) is 0 Å². The number of benzene rings is 2. The van der Waals surface area contributed by atoms with E-state index in [1.165, 1.54) is 0 Å². The smallest absolute Gasteiger partial charge is 0.251 e. The Hall–Kier alpha value is -3.12. The molecule has 1 N–H and O–H groups in total. The van der Waals surface area contributed by atoms with Crippen LogP contribution < -0.4 is 10.1 Å². The van der Waals surface area contributed by atoms with Gasteiger partial charge in [0.05, 0.1) is 12.2 Å². The predicted octanol–water partition coefficient (Wildman–Crippen LogP) is 3.90. The van der Waals surface area contributed by atoms with Gasteiger partial charge in [0, 0.05) is 23.3 Å². The van der Waals surface area contributed by atoms with Crippen LogP contribution in [0, 0.1) is 0 Å². The van der Waals surface area contributed by atoms with Gasteiger partial charge >= 0.3 is 0 Å². The topological polar surface area (TPSA) is 55.6 Å². The largest absolute Gasteiger partial charge is 0.489 e. The molecule has 2 heterocycles. The molecule has 0 unspecified atom stereocenters. The van der Waals surface area contributed by atoms with Gasteiger partial charge in [-0.05, 0) is 29.8 Å². The molecule has 130 valence electrons. The number of carbonyl (C=O) groups excluding carboxylic acids is 1. The number of ether oxygens (including phenoxy) is 1. The van der Waals surface area contributed by atoms with Gasteiger partial charge < -0.3 is 10.1 Å². The van der Waals surface area contributed by atoms with Gasteiger partial charge in [-0.1, -0.05) is 30.3 Å². The molecule has 4 aromatic rings. The Morgan fingerprint density at radius 2 is 1.92 bits per heavy atom. The molecule has 1 amide bonds. The fraction of sp³-hybridized carbons (Fsp3) is 0.100. The lowest BCUT2D eigenvalue weighted by Crippen LogP contribution is -2.22. The molecule has 0 atom stereocenters. The Morgan fingerprint density at radius 1 is 1.12 bits per heavy atom. The minimum atomic E-state index is -0.114. The van der Waals surface area contributed by atoms with Crippen LogP contribution in [0.1, 0.15) is 21.6 Å². The first-order valence-electron chi connectivity index (χ1n) is 8.24. The minimum Gasteiger partial charge on any atom is -0.489 e. The second-order valence-electron chi connectivity index (χ2n) is 5.81. The molecule has 0 aliphatic heterocycles. The van der Waals surface area contributed by atoms with E-state index in [-0.39, 0.29) is 5.91 Å². The van der Waals surface area contributed by atoms with E-state index in [0.29, 0.717) is 18.7 Å². The van der Waals surface area contributed by atoms with Crippen molar-refractivity contribution < 1.29 is 9.53 Å². The second-order valence-corrected chi connectivity index (χ2v) is 6.68. The number of nitrogens with zero attached hydrogens (tertiary/aromatic N) is 2. The maximum absolute atomic E-state index is 12.3. The summed E-state index contributed by atoms with van der Waals surface area (Å²) in [5.41, 5.74) is 2.48. The first-order chi connectivity index (χ1) is 12.8. The highest BCUT2D eigenvalue weighted by Gasteiger charge is 2.08. The lowest BCUT2D eigenvalue weighted by molar-refractivity contribution is 0.0950. The van der Waals surface area contributed by atoms with E-state index in [9.17, 15) is 4.79 Å². The number of amides is 1. The summed E-state index contributed by atoms with van der Waals surface area (Å²) in [6.07, 6.45) is 3.88. The predicted molar refractivity (Wildman–Crippen MR) is 101 cm³/mol. The van der Waals surface area contributed by atoms with Gasteiger partial charge in [0.25, 0.3) is 5.91 Å². The van der Waals surface area contributed by atoms with Gasteiger partial charge in [-0.2, -0.15) is 0 Å². The van der Waals surface area contributed by atoms with Crippen molar-refractivity contribution in [1.29, 1.82) is 0 Å². The van der Waals surface area contributed by atoms with Gasteiger partial charge in [0.15, 0.2) is 4.96 Å². The van der Waals surface area contributed by atoms with Gasteiger partial charge in [0.1, 0.15) is 12.4 Å². The zero-order valence-corrected chi connectivity index (χ0v) is 14.8. The van der Waals surface area contributed by atoms with Crippen LogP contribution in [0.5, 0.6) is 5.75 Å². The van der Waals surface area contributed by atoms with Crippen molar-refractivity contribution in [2.24, 2.45) is 0 Å². The average molecular weight is 363 g/mol. The molecule has 0 saturated heterocycles. The third-order valence-corrected chi connectivity index (χ3v) is 4.71. The molecular formula is C20H17N3O2S.